The number of aromatic nitrogens is 1. The van der Waals surface area contributed by atoms with Crippen molar-refractivity contribution in [3.05, 3.63) is 93.1 Å². The quantitative estimate of drug-likeness (QED) is 0.356. The molecule has 0 aliphatic rings. The maximum Gasteiger partial charge on any atom is 0.241 e. The Morgan fingerprint density at radius 1 is 1.10 bits per heavy atom. The number of hydrogen-bond donors (Lipinski definition) is 2. The number of nitrogens with one attached hydrogen (secondary N) is 2. The second kappa shape index (κ2) is 9.11. The summed E-state index contributed by atoms with van der Waals surface area (Å²) in [4.78, 5) is 17.9. The number of carbonyl (C=O) groups is 1. The summed E-state index contributed by atoms with van der Waals surface area (Å²) in [5.41, 5.74) is 3.15. The summed E-state index contributed by atoms with van der Waals surface area (Å²) in [6, 6.07) is 16.4. The fourth-order valence-corrected chi connectivity index (χ4v) is 5.78. The summed E-state index contributed by atoms with van der Waals surface area (Å²) >= 11 is 2.62. The van der Waals surface area contributed by atoms with Crippen LogP contribution in [0.3, 0.4) is 0 Å². The summed E-state index contributed by atoms with van der Waals surface area (Å²) in [6.07, 6.45) is 1.57. The number of rotatable bonds is 8. The summed E-state index contributed by atoms with van der Waals surface area (Å²) in [7, 11) is -3.53. The Kier molecular flexibility index (Phi) is 6.28. The first kappa shape index (κ1) is 21.4. The number of aryl methyl sites for hydroxylation is 1. The zero-order valence-corrected chi connectivity index (χ0v) is 19.0. The van der Waals surface area contributed by atoms with Gasteiger partial charge in [-0.25, -0.2) is 18.1 Å². The first-order chi connectivity index (χ1) is 14.9. The third kappa shape index (κ3) is 5.08. The molecule has 2 heterocycles. The van der Waals surface area contributed by atoms with E-state index in [0.29, 0.717) is 15.6 Å². The van der Waals surface area contributed by atoms with E-state index in [0.717, 1.165) is 16.8 Å². The monoisotopic (exact) mass is 469 g/mol. The van der Waals surface area contributed by atoms with Gasteiger partial charge in [0.15, 0.2) is 5.13 Å². The van der Waals surface area contributed by atoms with Gasteiger partial charge >= 0.3 is 0 Å². The van der Waals surface area contributed by atoms with E-state index >= 15 is 0 Å². The molecule has 0 atom stereocenters. The Bertz CT molecular complexity index is 1310. The third-order valence-electron chi connectivity index (χ3n) is 4.57. The predicted molar refractivity (Wildman–Crippen MR) is 125 cm³/mol. The van der Waals surface area contributed by atoms with E-state index in [1.807, 2.05) is 55.5 Å². The van der Waals surface area contributed by atoms with Crippen LogP contribution in [0.2, 0.25) is 0 Å². The molecule has 0 unspecified atom stereocenters. The van der Waals surface area contributed by atoms with E-state index in [1.54, 1.807) is 23.0 Å². The van der Waals surface area contributed by atoms with Gasteiger partial charge in [0.2, 0.25) is 15.8 Å². The van der Waals surface area contributed by atoms with Crippen molar-refractivity contribution < 1.29 is 13.2 Å². The minimum Gasteiger partial charge on any atom is -0.332 e. The second-order valence-corrected chi connectivity index (χ2v) is 10.4. The normalized spacial score (nSPS) is 11.4. The highest BCUT2D eigenvalue weighted by Crippen LogP contribution is 2.26. The zero-order chi connectivity index (χ0) is 21.8. The molecule has 0 bridgehead atoms. The topological polar surface area (TPSA) is 88.2 Å². The van der Waals surface area contributed by atoms with Crippen LogP contribution in [0.25, 0.3) is 0 Å². The fourth-order valence-electron chi connectivity index (χ4n) is 2.95. The number of anilines is 2. The molecular weight excluding hydrogens is 450 g/mol. The SMILES string of the molecule is Cc1ccccc1C(=O)c1cnc(Nc2cccc(CNS(=O)(=O)c3ccsc3)c2)s1. The molecule has 0 fully saturated rings. The van der Waals surface area contributed by atoms with Gasteiger partial charge in [-0.15, -0.1) is 0 Å². The van der Waals surface area contributed by atoms with Gasteiger partial charge in [-0.3, -0.25) is 4.79 Å². The van der Waals surface area contributed by atoms with Crippen LogP contribution in [-0.4, -0.2) is 19.2 Å². The summed E-state index contributed by atoms with van der Waals surface area (Å²) in [5.74, 6) is -0.0553. The van der Waals surface area contributed by atoms with E-state index < -0.39 is 10.0 Å². The predicted octanol–water partition coefficient (Wildman–Crippen LogP) is 4.97. The van der Waals surface area contributed by atoms with E-state index in [2.05, 4.69) is 15.0 Å². The molecule has 4 rings (SSSR count). The van der Waals surface area contributed by atoms with E-state index in [9.17, 15) is 13.2 Å². The van der Waals surface area contributed by atoms with Crippen LogP contribution < -0.4 is 10.0 Å². The molecular formula is C22H19N3O3S3. The molecule has 9 heteroatoms. The lowest BCUT2D eigenvalue weighted by molar-refractivity contribution is 0.104. The fraction of sp³-hybridized carbons (Fsp3) is 0.0909. The van der Waals surface area contributed by atoms with Crippen molar-refractivity contribution >= 4 is 49.3 Å². The number of thiazole rings is 1. The van der Waals surface area contributed by atoms with Gasteiger partial charge in [0.05, 0.1) is 16.0 Å². The van der Waals surface area contributed by atoms with Gasteiger partial charge in [0, 0.05) is 23.2 Å². The van der Waals surface area contributed by atoms with Crippen LogP contribution in [0.1, 0.15) is 26.4 Å². The summed E-state index contributed by atoms with van der Waals surface area (Å²) in [6.45, 7) is 2.08. The van der Waals surface area contributed by atoms with Crippen LogP contribution in [-0.2, 0) is 16.6 Å². The van der Waals surface area contributed by atoms with E-state index in [4.69, 9.17) is 0 Å². The molecule has 0 spiro atoms. The first-order valence-electron chi connectivity index (χ1n) is 9.36. The first-order valence-corrected chi connectivity index (χ1v) is 12.6. The van der Waals surface area contributed by atoms with Gasteiger partial charge in [-0.2, -0.15) is 11.3 Å². The lowest BCUT2D eigenvalue weighted by Gasteiger charge is -2.08. The van der Waals surface area contributed by atoms with Crippen molar-refractivity contribution in [2.45, 2.75) is 18.4 Å². The highest BCUT2D eigenvalue weighted by Gasteiger charge is 2.16. The van der Waals surface area contributed by atoms with Gasteiger partial charge < -0.3 is 5.32 Å². The standard InChI is InChI=1S/C22H19N3O3S3/c1-15-5-2-3-8-19(15)21(26)20-13-23-22(30-20)25-17-7-4-6-16(11-17)12-24-31(27,28)18-9-10-29-14-18/h2-11,13-14,24H,12H2,1H3,(H,23,25). The van der Waals surface area contributed by atoms with Crippen molar-refractivity contribution in [3.8, 4) is 0 Å². The molecule has 31 heavy (non-hydrogen) atoms. The van der Waals surface area contributed by atoms with Crippen molar-refractivity contribution in [1.29, 1.82) is 0 Å². The van der Waals surface area contributed by atoms with Crippen LogP contribution in [0, 0.1) is 6.92 Å². The molecule has 2 N–H and O–H groups in total. The number of sulfonamides is 1. The van der Waals surface area contributed by atoms with Gasteiger partial charge in [0.25, 0.3) is 0 Å². The maximum absolute atomic E-state index is 12.7. The van der Waals surface area contributed by atoms with Crippen LogP contribution in [0.5, 0.6) is 0 Å². The number of ketones is 1. The maximum atomic E-state index is 12.7. The van der Waals surface area contributed by atoms with Crippen molar-refractivity contribution in [2.24, 2.45) is 0 Å². The average molecular weight is 470 g/mol. The minimum atomic E-state index is -3.53. The van der Waals surface area contributed by atoms with Gasteiger partial charge in [-0.1, -0.05) is 47.7 Å². The highest BCUT2D eigenvalue weighted by molar-refractivity contribution is 7.89. The largest absolute Gasteiger partial charge is 0.332 e. The van der Waals surface area contributed by atoms with Crippen LogP contribution in [0.15, 0.2) is 76.4 Å². The molecule has 158 valence electrons. The Hall–Kier alpha value is -2.85. The van der Waals surface area contributed by atoms with E-state index in [1.165, 1.54) is 22.7 Å². The molecule has 0 amide bonds. The molecule has 0 saturated heterocycles. The van der Waals surface area contributed by atoms with Gasteiger partial charge in [0.1, 0.15) is 0 Å². The number of benzene rings is 2. The highest BCUT2D eigenvalue weighted by atomic mass is 32.2. The lowest BCUT2D eigenvalue weighted by Crippen LogP contribution is -2.22. The number of nitrogens with zero attached hydrogens (tertiary/aromatic N) is 1. The molecule has 0 aliphatic heterocycles. The van der Waals surface area contributed by atoms with E-state index in [-0.39, 0.29) is 17.2 Å². The molecule has 0 radical (unpaired) electrons. The minimum absolute atomic E-state index is 0.0553. The average Bonchev–Trinajstić information content (AvgIpc) is 3.45. The van der Waals surface area contributed by atoms with Crippen molar-refractivity contribution in [3.63, 3.8) is 0 Å². The molecule has 4 aromatic rings. The van der Waals surface area contributed by atoms with Crippen LogP contribution in [0.4, 0.5) is 10.8 Å². The number of thiophene rings is 1. The Balaban J connectivity index is 1.44. The Labute approximate surface area is 188 Å². The smallest absolute Gasteiger partial charge is 0.241 e. The Morgan fingerprint density at radius 3 is 2.71 bits per heavy atom. The van der Waals surface area contributed by atoms with Crippen molar-refractivity contribution in [2.75, 3.05) is 5.32 Å². The molecule has 0 saturated carbocycles. The molecule has 2 aromatic carbocycles. The summed E-state index contributed by atoms with van der Waals surface area (Å²) < 4.78 is 27.2. The second-order valence-electron chi connectivity index (χ2n) is 6.78. The van der Waals surface area contributed by atoms with Crippen molar-refractivity contribution in [1.82, 2.24) is 9.71 Å². The lowest BCUT2D eigenvalue weighted by atomic mass is 10.0. The molecule has 2 aromatic heterocycles. The molecule has 6 nitrogen and oxygen atoms in total. The Morgan fingerprint density at radius 2 is 1.94 bits per heavy atom. The number of hydrogen-bond acceptors (Lipinski definition) is 7. The zero-order valence-electron chi connectivity index (χ0n) is 16.5. The van der Waals surface area contributed by atoms with Crippen LogP contribution >= 0.6 is 22.7 Å². The molecule has 0 aliphatic carbocycles. The van der Waals surface area contributed by atoms with Gasteiger partial charge in [-0.05, 0) is 41.6 Å². The summed E-state index contributed by atoms with van der Waals surface area (Å²) in [5, 5.41) is 7.10. The third-order valence-corrected chi connectivity index (χ3v) is 7.71. The number of carbonyl (C=O) groups excluding carboxylic acids is 1.